The van der Waals surface area contributed by atoms with Crippen molar-refractivity contribution in [2.24, 2.45) is 0 Å². The molecule has 0 saturated carbocycles. The van der Waals surface area contributed by atoms with Gasteiger partial charge in [0.1, 0.15) is 12.4 Å². The standard InChI is InChI=1S/C19H23ClF3NO6/c1-18(2,3)13-10-15-11(9-14(13)20)8-12(16(30-15)19(21,22)23)17(25)28-6-4-27-5-7-29-24-26/h8-10,16,24,26H,4-7H2,1-3H3/t16-/m0/s1. The Morgan fingerprint density at radius 1 is 1.20 bits per heavy atom. The van der Waals surface area contributed by atoms with E-state index in [0.29, 0.717) is 10.6 Å². The summed E-state index contributed by atoms with van der Waals surface area (Å²) in [6.07, 6.45) is -6.20. The second kappa shape index (κ2) is 9.97. The SMILES string of the molecule is CC(C)(C)c1cc2c(cc1Cl)C=C(C(=O)OCCOCCONO)[C@@H](C(F)(F)F)O2. The molecule has 1 aliphatic rings. The number of hydrogen-bond donors (Lipinski definition) is 2. The number of esters is 1. The highest BCUT2D eigenvalue weighted by Gasteiger charge is 2.49. The highest BCUT2D eigenvalue weighted by Crippen LogP contribution is 2.42. The molecule has 0 amide bonds. The van der Waals surface area contributed by atoms with Gasteiger partial charge in [-0.05, 0) is 29.2 Å². The largest absolute Gasteiger partial charge is 0.475 e. The number of fused-ring (bicyclic) bond motifs is 1. The summed E-state index contributed by atoms with van der Waals surface area (Å²) in [5.74, 6) is -1.18. The third-order valence-electron chi connectivity index (χ3n) is 4.13. The van der Waals surface area contributed by atoms with Gasteiger partial charge in [-0.15, -0.1) is 0 Å². The van der Waals surface area contributed by atoms with Gasteiger partial charge in [0.15, 0.2) is 0 Å². The van der Waals surface area contributed by atoms with Gasteiger partial charge < -0.3 is 14.2 Å². The third kappa shape index (κ3) is 6.32. The summed E-state index contributed by atoms with van der Waals surface area (Å²) in [4.78, 5) is 16.7. The van der Waals surface area contributed by atoms with Crippen molar-refractivity contribution in [2.45, 2.75) is 38.5 Å². The average molecular weight is 454 g/mol. The minimum atomic E-state index is -4.82. The fourth-order valence-corrected chi connectivity index (χ4v) is 3.18. The predicted molar refractivity (Wildman–Crippen MR) is 101 cm³/mol. The van der Waals surface area contributed by atoms with Crippen LogP contribution in [-0.2, 0) is 24.5 Å². The molecule has 0 spiro atoms. The first-order chi connectivity index (χ1) is 13.9. The quantitative estimate of drug-likeness (QED) is 0.351. The number of ether oxygens (including phenoxy) is 3. The maximum absolute atomic E-state index is 13.6. The van der Waals surface area contributed by atoms with Gasteiger partial charge in [0.05, 0.1) is 25.4 Å². The van der Waals surface area contributed by atoms with E-state index in [0.717, 1.165) is 6.08 Å². The van der Waals surface area contributed by atoms with Crippen molar-refractivity contribution in [1.82, 2.24) is 5.64 Å². The number of benzene rings is 1. The minimum absolute atomic E-state index is 0.0102. The molecule has 0 aromatic heterocycles. The number of halogens is 4. The molecule has 0 aliphatic carbocycles. The van der Waals surface area contributed by atoms with Crippen molar-refractivity contribution in [3.05, 3.63) is 33.9 Å². The highest BCUT2D eigenvalue weighted by atomic mass is 35.5. The number of carbonyl (C=O) groups is 1. The van der Waals surface area contributed by atoms with E-state index in [9.17, 15) is 18.0 Å². The van der Waals surface area contributed by atoms with Crippen LogP contribution in [0.4, 0.5) is 13.2 Å². The molecule has 2 rings (SSSR count). The fourth-order valence-electron chi connectivity index (χ4n) is 2.73. The second-order valence-corrected chi connectivity index (χ2v) is 7.85. The molecule has 0 unspecified atom stereocenters. The highest BCUT2D eigenvalue weighted by molar-refractivity contribution is 6.31. The van der Waals surface area contributed by atoms with E-state index in [-0.39, 0.29) is 37.7 Å². The number of alkyl halides is 3. The van der Waals surface area contributed by atoms with E-state index in [1.165, 1.54) is 17.8 Å². The molecule has 1 aromatic carbocycles. The summed E-state index contributed by atoms with van der Waals surface area (Å²) in [6.45, 7) is 5.37. The van der Waals surface area contributed by atoms with E-state index in [1.54, 1.807) is 0 Å². The smallest absolute Gasteiger partial charge is 0.430 e. The molecule has 1 aromatic rings. The third-order valence-corrected chi connectivity index (χ3v) is 4.45. The summed E-state index contributed by atoms with van der Waals surface area (Å²) in [5.41, 5.74) is 1.25. The lowest BCUT2D eigenvalue weighted by molar-refractivity contribution is -0.188. The van der Waals surface area contributed by atoms with Crippen LogP contribution in [0.25, 0.3) is 6.08 Å². The van der Waals surface area contributed by atoms with Crippen LogP contribution in [0, 0.1) is 0 Å². The number of hydrogen-bond acceptors (Lipinski definition) is 7. The van der Waals surface area contributed by atoms with Crippen molar-refractivity contribution in [2.75, 3.05) is 26.4 Å². The fraction of sp³-hybridized carbons (Fsp3) is 0.526. The molecule has 0 radical (unpaired) electrons. The van der Waals surface area contributed by atoms with Gasteiger partial charge in [0.2, 0.25) is 6.10 Å². The van der Waals surface area contributed by atoms with Crippen LogP contribution in [-0.4, -0.2) is 49.9 Å². The normalized spacial score (nSPS) is 16.5. The van der Waals surface area contributed by atoms with Crippen molar-refractivity contribution >= 4 is 23.6 Å². The Bertz CT molecular complexity index is 792. The molecule has 1 heterocycles. The molecule has 7 nitrogen and oxygen atoms in total. The zero-order chi connectivity index (χ0) is 22.5. The minimum Gasteiger partial charge on any atom is -0.475 e. The van der Waals surface area contributed by atoms with E-state index in [1.807, 2.05) is 20.8 Å². The Kier molecular flexibility index (Phi) is 8.12. The summed E-state index contributed by atoms with van der Waals surface area (Å²) in [5, 5.41) is 8.56. The van der Waals surface area contributed by atoms with Crippen LogP contribution >= 0.6 is 11.6 Å². The number of carbonyl (C=O) groups excluding carboxylic acids is 1. The van der Waals surface area contributed by atoms with Crippen molar-refractivity contribution in [3.8, 4) is 5.75 Å². The molecule has 0 fully saturated rings. The van der Waals surface area contributed by atoms with Crippen LogP contribution < -0.4 is 10.4 Å². The Morgan fingerprint density at radius 2 is 1.87 bits per heavy atom. The van der Waals surface area contributed by atoms with Crippen molar-refractivity contribution in [1.29, 1.82) is 0 Å². The lowest BCUT2D eigenvalue weighted by Crippen LogP contribution is -2.41. The molecule has 1 aliphatic heterocycles. The molecule has 0 bridgehead atoms. The zero-order valence-corrected chi connectivity index (χ0v) is 17.4. The summed E-state index contributed by atoms with van der Waals surface area (Å²) in [6, 6.07) is 2.93. The molecule has 30 heavy (non-hydrogen) atoms. The monoisotopic (exact) mass is 453 g/mol. The zero-order valence-electron chi connectivity index (χ0n) is 16.6. The molecule has 1 atom stereocenters. The topological polar surface area (TPSA) is 86.3 Å². The molecule has 0 saturated heterocycles. The van der Waals surface area contributed by atoms with Crippen molar-refractivity contribution < 1.29 is 42.2 Å². The van der Waals surface area contributed by atoms with Crippen LogP contribution in [0.1, 0.15) is 31.9 Å². The average Bonchev–Trinajstić information content (AvgIpc) is 2.64. The number of rotatable bonds is 8. The van der Waals surface area contributed by atoms with Gasteiger partial charge >= 0.3 is 12.1 Å². The van der Waals surface area contributed by atoms with Gasteiger partial charge in [0.25, 0.3) is 0 Å². The first-order valence-electron chi connectivity index (χ1n) is 9.00. The van der Waals surface area contributed by atoms with Gasteiger partial charge in [-0.2, -0.15) is 13.2 Å². The summed E-state index contributed by atoms with van der Waals surface area (Å²) in [7, 11) is 0. The molecular formula is C19H23ClF3NO6. The summed E-state index contributed by atoms with van der Waals surface area (Å²) >= 11 is 6.28. The maximum Gasteiger partial charge on any atom is 0.430 e. The van der Waals surface area contributed by atoms with Gasteiger partial charge in [-0.1, -0.05) is 38.0 Å². The van der Waals surface area contributed by atoms with Gasteiger partial charge in [-0.25, -0.2) is 4.79 Å². The molecular weight excluding hydrogens is 431 g/mol. The molecule has 168 valence electrons. The first-order valence-corrected chi connectivity index (χ1v) is 9.37. The van der Waals surface area contributed by atoms with Crippen LogP contribution in [0.3, 0.4) is 0 Å². The number of nitrogens with one attached hydrogen (secondary N) is 1. The lowest BCUT2D eigenvalue weighted by Gasteiger charge is -2.30. The van der Waals surface area contributed by atoms with Crippen LogP contribution in [0.2, 0.25) is 5.02 Å². The summed E-state index contributed by atoms with van der Waals surface area (Å²) < 4.78 is 55.8. The van der Waals surface area contributed by atoms with E-state index < -0.39 is 29.2 Å². The van der Waals surface area contributed by atoms with E-state index in [2.05, 4.69) is 4.84 Å². The maximum atomic E-state index is 13.6. The second-order valence-electron chi connectivity index (χ2n) is 7.45. The Hall–Kier alpha value is -1.85. The Labute approximate surface area is 176 Å². The van der Waals surface area contributed by atoms with E-state index in [4.69, 9.17) is 31.0 Å². The Morgan fingerprint density at radius 3 is 2.47 bits per heavy atom. The van der Waals surface area contributed by atoms with Crippen LogP contribution in [0.5, 0.6) is 5.75 Å². The molecule has 11 heteroatoms. The van der Waals surface area contributed by atoms with Crippen molar-refractivity contribution in [3.63, 3.8) is 0 Å². The lowest BCUT2D eigenvalue weighted by atomic mass is 9.85. The first kappa shape index (κ1) is 24.4. The van der Waals surface area contributed by atoms with Gasteiger partial charge in [0, 0.05) is 10.6 Å². The van der Waals surface area contributed by atoms with E-state index >= 15 is 0 Å². The predicted octanol–water partition coefficient (Wildman–Crippen LogP) is 3.81. The molecule has 2 N–H and O–H groups in total. The van der Waals surface area contributed by atoms with Gasteiger partial charge in [-0.3, -0.25) is 10.0 Å². The van der Waals surface area contributed by atoms with Crippen LogP contribution in [0.15, 0.2) is 17.7 Å². The Balaban J connectivity index is 2.18.